The molecule has 1 aromatic carbocycles. The summed E-state index contributed by atoms with van der Waals surface area (Å²) in [6.45, 7) is 0.431. The SMILES string of the molecule is CSCCCCOc1cc(F)ccc1F. The fourth-order valence-corrected chi connectivity index (χ4v) is 1.61. The van der Waals surface area contributed by atoms with Gasteiger partial charge in [-0.3, -0.25) is 0 Å². The molecular weight excluding hydrogens is 218 g/mol. The van der Waals surface area contributed by atoms with Gasteiger partial charge in [0.1, 0.15) is 5.82 Å². The number of halogens is 2. The number of thioether (sulfide) groups is 1. The summed E-state index contributed by atoms with van der Waals surface area (Å²) in [6.07, 6.45) is 3.92. The van der Waals surface area contributed by atoms with Crippen LogP contribution in [0.1, 0.15) is 12.8 Å². The van der Waals surface area contributed by atoms with E-state index in [0.29, 0.717) is 6.61 Å². The molecule has 4 heteroatoms. The van der Waals surface area contributed by atoms with E-state index in [1.165, 1.54) is 0 Å². The van der Waals surface area contributed by atoms with Gasteiger partial charge in [-0.15, -0.1) is 0 Å². The lowest BCUT2D eigenvalue weighted by Crippen LogP contribution is -2.00. The molecule has 0 N–H and O–H groups in total. The Morgan fingerprint density at radius 2 is 2.07 bits per heavy atom. The third-order valence-electron chi connectivity index (χ3n) is 1.89. The second kappa shape index (κ2) is 6.67. The van der Waals surface area contributed by atoms with E-state index in [9.17, 15) is 8.78 Å². The van der Waals surface area contributed by atoms with Gasteiger partial charge in [0.2, 0.25) is 0 Å². The molecule has 0 fully saturated rings. The van der Waals surface area contributed by atoms with Crippen LogP contribution in [0.25, 0.3) is 0 Å². The van der Waals surface area contributed by atoms with Crippen LogP contribution in [-0.4, -0.2) is 18.6 Å². The monoisotopic (exact) mass is 232 g/mol. The van der Waals surface area contributed by atoms with Gasteiger partial charge < -0.3 is 4.74 Å². The maximum atomic E-state index is 13.0. The molecule has 0 bridgehead atoms. The highest BCUT2D eigenvalue weighted by Crippen LogP contribution is 2.18. The molecule has 0 heterocycles. The predicted octanol–water partition coefficient (Wildman–Crippen LogP) is 3.49. The molecule has 0 spiro atoms. The molecule has 15 heavy (non-hydrogen) atoms. The van der Waals surface area contributed by atoms with E-state index < -0.39 is 11.6 Å². The van der Waals surface area contributed by atoms with Crippen LogP contribution in [0.5, 0.6) is 5.75 Å². The molecule has 1 nitrogen and oxygen atoms in total. The van der Waals surface area contributed by atoms with Crippen molar-refractivity contribution in [1.29, 1.82) is 0 Å². The lowest BCUT2D eigenvalue weighted by Gasteiger charge is -2.06. The van der Waals surface area contributed by atoms with Crippen molar-refractivity contribution < 1.29 is 13.5 Å². The minimum Gasteiger partial charge on any atom is -0.490 e. The van der Waals surface area contributed by atoms with Gasteiger partial charge in [-0.25, -0.2) is 8.78 Å². The van der Waals surface area contributed by atoms with Gasteiger partial charge in [0.05, 0.1) is 6.61 Å². The number of rotatable bonds is 6. The zero-order valence-electron chi connectivity index (χ0n) is 8.63. The van der Waals surface area contributed by atoms with Gasteiger partial charge in [0, 0.05) is 6.07 Å². The molecule has 0 saturated carbocycles. The van der Waals surface area contributed by atoms with E-state index in [4.69, 9.17) is 4.74 Å². The Balaban J connectivity index is 2.33. The summed E-state index contributed by atoms with van der Waals surface area (Å²) in [4.78, 5) is 0. The Hall–Kier alpha value is -0.770. The minimum absolute atomic E-state index is 0.000786. The normalized spacial score (nSPS) is 10.3. The molecule has 0 aliphatic rings. The van der Waals surface area contributed by atoms with E-state index in [1.54, 1.807) is 11.8 Å². The van der Waals surface area contributed by atoms with Crippen LogP contribution in [-0.2, 0) is 0 Å². The van der Waals surface area contributed by atoms with E-state index in [1.807, 2.05) is 6.26 Å². The van der Waals surface area contributed by atoms with Crippen molar-refractivity contribution in [2.24, 2.45) is 0 Å². The van der Waals surface area contributed by atoms with Gasteiger partial charge in [-0.2, -0.15) is 11.8 Å². The highest BCUT2D eigenvalue weighted by atomic mass is 32.2. The summed E-state index contributed by atoms with van der Waals surface area (Å²) in [7, 11) is 0. The molecule has 1 aromatic rings. The highest BCUT2D eigenvalue weighted by molar-refractivity contribution is 7.98. The van der Waals surface area contributed by atoms with E-state index >= 15 is 0 Å². The summed E-state index contributed by atoms with van der Waals surface area (Å²) in [5, 5.41) is 0. The second-order valence-electron chi connectivity index (χ2n) is 3.12. The molecule has 0 radical (unpaired) electrons. The standard InChI is InChI=1S/C11H14F2OS/c1-15-7-3-2-6-14-11-8-9(12)4-5-10(11)13/h4-5,8H,2-3,6-7H2,1H3. The Morgan fingerprint density at radius 3 is 2.80 bits per heavy atom. The van der Waals surface area contributed by atoms with Crippen LogP contribution in [0.3, 0.4) is 0 Å². The first kappa shape index (κ1) is 12.3. The Labute approximate surface area is 92.8 Å². The predicted molar refractivity (Wildman–Crippen MR) is 59.5 cm³/mol. The zero-order valence-corrected chi connectivity index (χ0v) is 9.45. The lowest BCUT2D eigenvalue weighted by atomic mass is 10.3. The average Bonchev–Trinajstić information content (AvgIpc) is 2.23. The van der Waals surface area contributed by atoms with Crippen molar-refractivity contribution >= 4 is 11.8 Å². The van der Waals surface area contributed by atoms with Gasteiger partial charge >= 0.3 is 0 Å². The maximum Gasteiger partial charge on any atom is 0.165 e. The van der Waals surface area contributed by atoms with Crippen molar-refractivity contribution in [2.75, 3.05) is 18.6 Å². The molecule has 0 unspecified atom stereocenters. The Morgan fingerprint density at radius 1 is 1.27 bits per heavy atom. The molecule has 0 aromatic heterocycles. The average molecular weight is 232 g/mol. The van der Waals surface area contributed by atoms with Gasteiger partial charge in [-0.1, -0.05) is 0 Å². The van der Waals surface area contributed by atoms with E-state index in [0.717, 1.165) is 36.8 Å². The Kier molecular flexibility index (Phi) is 5.47. The van der Waals surface area contributed by atoms with Crippen LogP contribution in [0.4, 0.5) is 8.78 Å². The molecule has 0 saturated heterocycles. The fourth-order valence-electron chi connectivity index (χ4n) is 1.12. The van der Waals surface area contributed by atoms with Gasteiger partial charge in [0.25, 0.3) is 0 Å². The van der Waals surface area contributed by atoms with Crippen LogP contribution < -0.4 is 4.74 Å². The van der Waals surface area contributed by atoms with Crippen LogP contribution in [0, 0.1) is 11.6 Å². The fraction of sp³-hybridized carbons (Fsp3) is 0.455. The van der Waals surface area contributed by atoms with Crippen LogP contribution in [0.15, 0.2) is 18.2 Å². The van der Waals surface area contributed by atoms with Crippen molar-refractivity contribution in [2.45, 2.75) is 12.8 Å². The first-order valence-corrected chi connectivity index (χ1v) is 6.20. The summed E-state index contributed by atoms with van der Waals surface area (Å²) in [5.41, 5.74) is 0. The van der Waals surface area contributed by atoms with Crippen molar-refractivity contribution in [1.82, 2.24) is 0 Å². The second-order valence-corrected chi connectivity index (χ2v) is 4.11. The molecule has 84 valence electrons. The molecule has 0 amide bonds. The summed E-state index contributed by atoms with van der Waals surface area (Å²) in [5.74, 6) is 0.0746. The van der Waals surface area contributed by atoms with Crippen molar-refractivity contribution in [3.05, 3.63) is 29.8 Å². The maximum absolute atomic E-state index is 13.0. The summed E-state index contributed by atoms with van der Waals surface area (Å²) < 4.78 is 30.9. The van der Waals surface area contributed by atoms with E-state index in [-0.39, 0.29) is 5.75 Å². The third kappa shape index (κ3) is 4.51. The Bertz CT molecular complexity index is 305. The first-order chi connectivity index (χ1) is 7.24. The molecule has 1 rings (SSSR count). The quantitative estimate of drug-likeness (QED) is 0.694. The van der Waals surface area contributed by atoms with Crippen LogP contribution in [0.2, 0.25) is 0 Å². The number of ether oxygens (including phenoxy) is 1. The van der Waals surface area contributed by atoms with Gasteiger partial charge in [-0.05, 0) is 37.0 Å². The first-order valence-electron chi connectivity index (χ1n) is 4.81. The van der Waals surface area contributed by atoms with Crippen LogP contribution >= 0.6 is 11.8 Å². The van der Waals surface area contributed by atoms with Crippen molar-refractivity contribution in [3.63, 3.8) is 0 Å². The number of hydrogen-bond donors (Lipinski definition) is 0. The summed E-state index contributed by atoms with van der Waals surface area (Å²) in [6, 6.07) is 3.23. The zero-order chi connectivity index (χ0) is 11.1. The van der Waals surface area contributed by atoms with Crippen molar-refractivity contribution in [3.8, 4) is 5.75 Å². The summed E-state index contributed by atoms with van der Waals surface area (Å²) >= 11 is 1.76. The lowest BCUT2D eigenvalue weighted by molar-refractivity contribution is 0.293. The number of benzene rings is 1. The third-order valence-corrected chi connectivity index (χ3v) is 2.59. The number of hydrogen-bond acceptors (Lipinski definition) is 2. The highest BCUT2D eigenvalue weighted by Gasteiger charge is 2.04. The molecule has 0 aliphatic heterocycles. The molecule has 0 atom stereocenters. The molecular formula is C11H14F2OS. The minimum atomic E-state index is -0.513. The molecule has 0 aliphatic carbocycles. The topological polar surface area (TPSA) is 9.23 Å². The number of unbranched alkanes of at least 4 members (excludes halogenated alkanes) is 1. The van der Waals surface area contributed by atoms with Gasteiger partial charge in [0.15, 0.2) is 11.6 Å². The largest absolute Gasteiger partial charge is 0.490 e. The smallest absolute Gasteiger partial charge is 0.165 e. The van der Waals surface area contributed by atoms with E-state index in [2.05, 4.69) is 0 Å².